The Balaban J connectivity index is 2.28. The predicted molar refractivity (Wildman–Crippen MR) is 78.3 cm³/mol. The molecule has 0 aromatic heterocycles. The van der Waals surface area contributed by atoms with Gasteiger partial charge in [-0.05, 0) is 54.9 Å². The van der Waals surface area contributed by atoms with E-state index >= 15 is 0 Å². The predicted octanol–water partition coefficient (Wildman–Crippen LogP) is 4.77. The van der Waals surface area contributed by atoms with Gasteiger partial charge in [0.1, 0.15) is 0 Å². The van der Waals surface area contributed by atoms with Crippen LogP contribution in [-0.4, -0.2) is 7.05 Å². The quantitative estimate of drug-likeness (QED) is 0.856. The largest absolute Gasteiger partial charge is 0.313 e. The number of likely N-dealkylation sites (N-methyl/N-ethyl adjacent to an activating group) is 1. The zero-order valence-corrected chi connectivity index (χ0v) is 12.3. The lowest BCUT2D eigenvalue weighted by Crippen LogP contribution is -2.19. The Bertz CT molecular complexity index is 617. The highest BCUT2D eigenvalue weighted by molar-refractivity contribution is 6.33. The van der Waals surface area contributed by atoms with E-state index in [4.69, 9.17) is 23.2 Å². The normalized spacial score (nSPS) is 12.4. The minimum Gasteiger partial charge on any atom is -0.313 e. The van der Waals surface area contributed by atoms with Gasteiger partial charge in [-0.15, -0.1) is 0 Å². The minimum absolute atomic E-state index is 0.133. The van der Waals surface area contributed by atoms with Crippen LogP contribution in [0.5, 0.6) is 0 Å². The van der Waals surface area contributed by atoms with Crippen LogP contribution in [0.25, 0.3) is 0 Å². The van der Waals surface area contributed by atoms with Crippen molar-refractivity contribution < 1.29 is 8.78 Å². The molecule has 0 amide bonds. The first-order valence-electron chi connectivity index (χ1n) is 6.07. The third kappa shape index (κ3) is 3.48. The van der Waals surface area contributed by atoms with Gasteiger partial charge in [-0.3, -0.25) is 0 Å². The van der Waals surface area contributed by atoms with E-state index in [1.807, 2.05) is 0 Å². The minimum atomic E-state index is -0.852. The number of nitrogens with one attached hydrogen (secondary N) is 1. The van der Waals surface area contributed by atoms with Gasteiger partial charge in [-0.2, -0.15) is 0 Å². The summed E-state index contributed by atoms with van der Waals surface area (Å²) in [5.74, 6) is -1.70. The van der Waals surface area contributed by atoms with Crippen LogP contribution in [0, 0.1) is 11.6 Å². The summed E-state index contributed by atoms with van der Waals surface area (Å²) in [7, 11) is 1.78. The second-order valence-corrected chi connectivity index (χ2v) is 5.30. The fraction of sp³-hybridized carbons (Fsp3) is 0.200. The molecule has 2 aromatic rings. The van der Waals surface area contributed by atoms with Gasteiger partial charge in [-0.25, -0.2) is 8.78 Å². The number of hydrogen-bond acceptors (Lipinski definition) is 1. The molecule has 0 aliphatic carbocycles. The number of benzene rings is 2. The Hall–Kier alpha value is -1.16. The van der Waals surface area contributed by atoms with Crippen LogP contribution >= 0.6 is 23.2 Å². The van der Waals surface area contributed by atoms with Gasteiger partial charge >= 0.3 is 0 Å². The maximum absolute atomic E-state index is 13.2. The van der Waals surface area contributed by atoms with Crippen molar-refractivity contribution in [2.24, 2.45) is 0 Å². The Morgan fingerprint density at radius 1 is 1.05 bits per heavy atom. The van der Waals surface area contributed by atoms with E-state index in [2.05, 4.69) is 5.32 Å². The lowest BCUT2D eigenvalue weighted by Gasteiger charge is -2.18. The van der Waals surface area contributed by atoms with Crippen molar-refractivity contribution >= 4 is 23.2 Å². The summed E-state index contributed by atoms with van der Waals surface area (Å²) in [6.45, 7) is 0. The molecule has 2 aromatic carbocycles. The first-order chi connectivity index (χ1) is 9.51. The molecule has 1 nitrogen and oxygen atoms in total. The zero-order chi connectivity index (χ0) is 14.7. The average Bonchev–Trinajstić information content (AvgIpc) is 2.43. The van der Waals surface area contributed by atoms with Gasteiger partial charge in [-0.1, -0.05) is 29.3 Å². The molecule has 2 rings (SSSR count). The first-order valence-corrected chi connectivity index (χ1v) is 6.83. The maximum Gasteiger partial charge on any atom is 0.159 e. The second-order valence-electron chi connectivity index (χ2n) is 4.46. The van der Waals surface area contributed by atoms with Crippen LogP contribution in [0.15, 0.2) is 36.4 Å². The highest BCUT2D eigenvalue weighted by Crippen LogP contribution is 2.28. The lowest BCUT2D eigenvalue weighted by atomic mass is 9.99. The second kappa shape index (κ2) is 6.53. The summed E-state index contributed by atoms with van der Waals surface area (Å²) in [5, 5.41) is 4.27. The Morgan fingerprint density at radius 2 is 1.80 bits per heavy atom. The van der Waals surface area contributed by atoms with Crippen LogP contribution in [0.4, 0.5) is 8.78 Å². The van der Waals surface area contributed by atoms with E-state index in [9.17, 15) is 8.78 Å². The van der Waals surface area contributed by atoms with Gasteiger partial charge in [0.25, 0.3) is 0 Å². The van der Waals surface area contributed by atoms with Crippen molar-refractivity contribution in [2.75, 3.05) is 7.05 Å². The summed E-state index contributed by atoms with van der Waals surface area (Å²) < 4.78 is 26.2. The average molecular weight is 316 g/mol. The molecule has 5 heteroatoms. The molecule has 0 radical (unpaired) electrons. The third-order valence-electron chi connectivity index (χ3n) is 3.11. The molecule has 0 saturated heterocycles. The summed E-state index contributed by atoms with van der Waals surface area (Å²) in [5.41, 5.74) is 1.51. The fourth-order valence-electron chi connectivity index (χ4n) is 2.05. The van der Waals surface area contributed by atoms with Crippen molar-refractivity contribution in [1.29, 1.82) is 0 Å². The molecule has 0 spiro atoms. The number of rotatable bonds is 4. The molecule has 0 aliphatic heterocycles. The number of halogens is 4. The first kappa shape index (κ1) is 15.2. The van der Waals surface area contributed by atoms with Crippen LogP contribution in [0.1, 0.15) is 17.2 Å². The molecule has 106 valence electrons. The zero-order valence-electron chi connectivity index (χ0n) is 10.8. The molecule has 0 aliphatic rings. The summed E-state index contributed by atoms with van der Waals surface area (Å²) in [4.78, 5) is 0. The molecule has 0 heterocycles. The van der Waals surface area contributed by atoms with E-state index in [0.29, 0.717) is 22.0 Å². The van der Waals surface area contributed by atoms with Gasteiger partial charge in [0.2, 0.25) is 0 Å². The van der Waals surface area contributed by atoms with E-state index in [1.165, 1.54) is 6.07 Å². The highest BCUT2D eigenvalue weighted by atomic mass is 35.5. The molecular weight excluding hydrogens is 303 g/mol. The lowest BCUT2D eigenvalue weighted by molar-refractivity contribution is 0.504. The Kier molecular flexibility index (Phi) is 4.97. The fourth-order valence-corrected chi connectivity index (χ4v) is 2.48. The van der Waals surface area contributed by atoms with Crippen LogP contribution in [0.3, 0.4) is 0 Å². The van der Waals surface area contributed by atoms with E-state index < -0.39 is 11.6 Å². The molecule has 0 bridgehead atoms. The standard InChI is InChI=1S/C15H13Cl2F2N/c1-20-15(11-8-10(16)3-4-12(11)17)7-9-2-5-13(18)14(19)6-9/h2-6,8,15,20H,7H2,1H3. The van der Waals surface area contributed by atoms with Gasteiger partial charge in [0.05, 0.1) is 0 Å². The van der Waals surface area contributed by atoms with E-state index in [-0.39, 0.29) is 6.04 Å². The summed E-state index contributed by atoms with van der Waals surface area (Å²) in [6, 6.07) is 8.93. The molecular formula is C15H13Cl2F2N. The van der Waals surface area contributed by atoms with E-state index in [0.717, 1.165) is 11.6 Å². The highest BCUT2D eigenvalue weighted by Gasteiger charge is 2.15. The topological polar surface area (TPSA) is 12.0 Å². The van der Waals surface area contributed by atoms with Crippen molar-refractivity contribution in [2.45, 2.75) is 12.5 Å². The molecule has 0 fully saturated rings. The van der Waals surface area contributed by atoms with Crippen LogP contribution in [-0.2, 0) is 6.42 Å². The molecule has 1 atom stereocenters. The van der Waals surface area contributed by atoms with E-state index in [1.54, 1.807) is 31.3 Å². The van der Waals surface area contributed by atoms with Crippen molar-refractivity contribution in [3.63, 3.8) is 0 Å². The number of hydrogen-bond donors (Lipinski definition) is 1. The summed E-state index contributed by atoms with van der Waals surface area (Å²) in [6.07, 6.45) is 0.480. The third-order valence-corrected chi connectivity index (χ3v) is 3.69. The monoisotopic (exact) mass is 315 g/mol. The molecule has 1 unspecified atom stereocenters. The smallest absolute Gasteiger partial charge is 0.159 e. The molecule has 0 saturated carbocycles. The van der Waals surface area contributed by atoms with Gasteiger partial charge in [0, 0.05) is 16.1 Å². The van der Waals surface area contributed by atoms with Crippen LogP contribution in [0.2, 0.25) is 10.0 Å². The van der Waals surface area contributed by atoms with Crippen molar-refractivity contribution in [3.8, 4) is 0 Å². The van der Waals surface area contributed by atoms with Gasteiger partial charge in [0.15, 0.2) is 11.6 Å². The van der Waals surface area contributed by atoms with Crippen molar-refractivity contribution in [1.82, 2.24) is 5.32 Å². The Morgan fingerprint density at radius 3 is 2.45 bits per heavy atom. The Labute approximate surface area is 126 Å². The molecule has 1 N–H and O–H groups in total. The summed E-state index contributed by atoms with van der Waals surface area (Å²) >= 11 is 12.1. The van der Waals surface area contributed by atoms with Crippen molar-refractivity contribution in [3.05, 3.63) is 69.2 Å². The van der Waals surface area contributed by atoms with Gasteiger partial charge < -0.3 is 5.32 Å². The molecule has 20 heavy (non-hydrogen) atoms. The van der Waals surface area contributed by atoms with Crippen LogP contribution < -0.4 is 5.32 Å². The SMILES string of the molecule is CNC(Cc1ccc(F)c(F)c1)c1cc(Cl)ccc1Cl. The maximum atomic E-state index is 13.2.